The zero-order valence-electron chi connectivity index (χ0n) is 12.1. The maximum Gasteiger partial charge on any atom is 0.411 e. The third-order valence-corrected chi connectivity index (χ3v) is 3.48. The van der Waals surface area contributed by atoms with Crippen LogP contribution in [0.5, 0.6) is 0 Å². The van der Waals surface area contributed by atoms with Gasteiger partial charge in [-0.15, -0.1) is 0 Å². The van der Waals surface area contributed by atoms with Crippen molar-refractivity contribution in [3.63, 3.8) is 0 Å². The topological polar surface area (TPSA) is 64.6 Å². The maximum atomic E-state index is 11.8. The quantitative estimate of drug-likeness (QED) is 0.782. The predicted molar refractivity (Wildman–Crippen MR) is 73.2 cm³/mol. The summed E-state index contributed by atoms with van der Waals surface area (Å²) < 4.78 is 22.1. The van der Waals surface area contributed by atoms with Gasteiger partial charge in [0.1, 0.15) is 5.60 Å². The van der Waals surface area contributed by atoms with E-state index in [2.05, 4.69) is 5.32 Å². The standard InChI is InChI=1S/C12H24NO4P/c1-7-16-18(6,15)9-8-10(2)13-11(14)17-12(3,4)5/h8H,7,9H2,1-6H3,(H,13,14)/b10-8-. The molecule has 1 atom stereocenters. The maximum absolute atomic E-state index is 11.8. The minimum atomic E-state index is -2.60. The fourth-order valence-electron chi connectivity index (χ4n) is 1.14. The molecule has 0 fully saturated rings. The van der Waals surface area contributed by atoms with Crippen LogP contribution in [-0.2, 0) is 13.8 Å². The van der Waals surface area contributed by atoms with Crippen molar-refractivity contribution in [2.24, 2.45) is 0 Å². The van der Waals surface area contributed by atoms with Gasteiger partial charge in [0.25, 0.3) is 0 Å². The van der Waals surface area contributed by atoms with Crippen LogP contribution in [0.1, 0.15) is 34.6 Å². The van der Waals surface area contributed by atoms with Crippen LogP contribution < -0.4 is 5.32 Å². The van der Waals surface area contributed by atoms with Crippen LogP contribution in [0.4, 0.5) is 4.79 Å². The van der Waals surface area contributed by atoms with E-state index in [-0.39, 0.29) is 0 Å². The highest BCUT2D eigenvalue weighted by Crippen LogP contribution is 2.42. The molecule has 0 rings (SSSR count). The Morgan fingerprint density at radius 1 is 1.39 bits per heavy atom. The molecule has 0 saturated carbocycles. The molecule has 18 heavy (non-hydrogen) atoms. The number of hydrogen-bond donors (Lipinski definition) is 1. The van der Waals surface area contributed by atoms with Crippen molar-refractivity contribution in [1.82, 2.24) is 5.32 Å². The van der Waals surface area contributed by atoms with E-state index in [4.69, 9.17) is 9.26 Å². The summed E-state index contributed by atoms with van der Waals surface area (Å²) >= 11 is 0. The van der Waals surface area contributed by atoms with Crippen molar-refractivity contribution in [2.45, 2.75) is 40.2 Å². The first-order chi connectivity index (χ1) is 8.06. The summed E-state index contributed by atoms with van der Waals surface area (Å²) in [6.07, 6.45) is 1.46. The highest BCUT2D eigenvalue weighted by Gasteiger charge is 2.17. The second-order valence-corrected chi connectivity index (χ2v) is 7.78. The Bertz CT molecular complexity index is 358. The molecule has 0 spiro atoms. The lowest BCUT2D eigenvalue weighted by molar-refractivity contribution is 0.0546. The number of carbonyl (C=O) groups is 1. The normalized spacial score (nSPS) is 16.0. The van der Waals surface area contributed by atoms with Crippen molar-refractivity contribution in [2.75, 3.05) is 19.4 Å². The third-order valence-electron chi connectivity index (χ3n) is 1.83. The zero-order chi connectivity index (χ0) is 14.4. The molecule has 0 aliphatic rings. The number of amides is 1. The molecule has 0 heterocycles. The van der Waals surface area contributed by atoms with E-state index in [1.165, 1.54) is 0 Å². The van der Waals surface area contributed by atoms with E-state index < -0.39 is 19.1 Å². The molecule has 0 aromatic rings. The predicted octanol–water partition coefficient (Wildman–Crippen LogP) is 3.36. The Morgan fingerprint density at radius 2 is 1.94 bits per heavy atom. The molecule has 1 unspecified atom stereocenters. The summed E-state index contributed by atoms with van der Waals surface area (Å²) in [4.78, 5) is 11.4. The van der Waals surface area contributed by atoms with Crippen LogP contribution in [0, 0.1) is 0 Å². The van der Waals surface area contributed by atoms with Crippen molar-refractivity contribution < 1.29 is 18.6 Å². The van der Waals surface area contributed by atoms with Crippen molar-refractivity contribution in [3.8, 4) is 0 Å². The van der Waals surface area contributed by atoms with Gasteiger partial charge in [-0.1, -0.05) is 6.08 Å². The minimum Gasteiger partial charge on any atom is -0.444 e. The van der Waals surface area contributed by atoms with Gasteiger partial charge in [0.15, 0.2) is 0 Å². The molecule has 106 valence electrons. The average Bonchev–Trinajstić information content (AvgIpc) is 2.11. The fraction of sp³-hybridized carbons (Fsp3) is 0.750. The zero-order valence-corrected chi connectivity index (χ0v) is 13.0. The van der Waals surface area contributed by atoms with Crippen LogP contribution in [0.15, 0.2) is 11.8 Å². The first-order valence-corrected chi connectivity index (χ1v) is 8.19. The summed E-state index contributed by atoms with van der Waals surface area (Å²) in [6, 6.07) is 0. The number of rotatable bonds is 5. The highest BCUT2D eigenvalue weighted by atomic mass is 31.2. The van der Waals surface area contributed by atoms with Crippen LogP contribution in [0.3, 0.4) is 0 Å². The summed E-state index contributed by atoms with van der Waals surface area (Å²) in [5.74, 6) is 0. The number of hydrogen-bond acceptors (Lipinski definition) is 4. The minimum absolute atomic E-state index is 0.294. The fourth-order valence-corrected chi connectivity index (χ4v) is 2.40. The smallest absolute Gasteiger partial charge is 0.411 e. The van der Waals surface area contributed by atoms with Crippen molar-refractivity contribution in [1.29, 1.82) is 0 Å². The van der Waals surface area contributed by atoms with Crippen LogP contribution in [0.2, 0.25) is 0 Å². The molecule has 0 bridgehead atoms. The Morgan fingerprint density at radius 3 is 2.39 bits per heavy atom. The Balaban J connectivity index is 4.29. The first kappa shape index (κ1) is 17.2. The summed E-state index contributed by atoms with van der Waals surface area (Å²) in [7, 11) is -2.60. The van der Waals surface area contributed by atoms with Gasteiger partial charge >= 0.3 is 6.09 Å². The van der Waals surface area contributed by atoms with Gasteiger partial charge in [0, 0.05) is 18.5 Å². The van der Waals surface area contributed by atoms with Gasteiger partial charge in [-0.05, 0) is 34.6 Å². The molecule has 0 aliphatic heterocycles. The van der Waals surface area contributed by atoms with Crippen LogP contribution in [-0.4, -0.2) is 31.1 Å². The lowest BCUT2D eigenvalue weighted by atomic mass is 10.2. The van der Waals surface area contributed by atoms with E-state index in [9.17, 15) is 9.36 Å². The monoisotopic (exact) mass is 277 g/mol. The Hall–Kier alpha value is -0.800. The third kappa shape index (κ3) is 9.25. The lowest BCUT2D eigenvalue weighted by Gasteiger charge is -2.20. The second kappa shape index (κ2) is 6.95. The molecule has 0 aromatic carbocycles. The molecular formula is C12H24NO4P. The van der Waals surface area contributed by atoms with Gasteiger partial charge < -0.3 is 9.26 Å². The molecule has 1 N–H and O–H groups in total. The van der Waals surface area contributed by atoms with E-state index >= 15 is 0 Å². The van der Waals surface area contributed by atoms with Gasteiger partial charge in [-0.3, -0.25) is 9.88 Å². The van der Waals surface area contributed by atoms with E-state index in [1.54, 1.807) is 47.4 Å². The van der Waals surface area contributed by atoms with E-state index in [1.807, 2.05) is 0 Å². The summed E-state index contributed by atoms with van der Waals surface area (Å²) in [5, 5.41) is 2.57. The summed E-state index contributed by atoms with van der Waals surface area (Å²) in [6.45, 7) is 10.9. The SMILES string of the molecule is CCOP(C)(=O)C/C=C(/C)NC(=O)OC(C)(C)C. The molecule has 1 amide bonds. The van der Waals surface area contributed by atoms with Gasteiger partial charge in [-0.25, -0.2) is 4.79 Å². The molecule has 6 heteroatoms. The second-order valence-electron chi connectivity index (χ2n) is 5.13. The number of nitrogens with one attached hydrogen (secondary N) is 1. The molecule has 0 aliphatic carbocycles. The summed E-state index contributed by atoms with van der Waals surface area (Å²) in [5.41, 5.74) is 0.0708. The molecule has 5 nitrogen and oxygen atoms in total. The van der Waals surface area contributed by atoms with Crippen LogP contribution in [0.25, 0.3) is 0 Å². The lowest BCUT2D eigenvalue weighted by Crippen LogP contribution is -2.31. The van der Waals surface area contributed by atoms with Crippen molar-refractivity contribution in [3.05, 3.63) is 11.8 Å². The molecule has 0 saturated heterocycles. The molecule has 0 radical (unpaired) electrons. The average molecular weight is 277 g/mol. The number of allylic oxidation sites excluding steroid dienone is 2. The van der Waals surface area contributed by atoms with Crippen LogP contribution >= 0.6 is 7.37 Å². The number of ether oxygens (including phenoxy) is 1. The van der Waals surface area contributed by atoms with E-state index in [0.29, 0.717) is 18.5 Å². The van der Waals surface area contributed by atoms with Gasteiger partial charge in [0.05, 0.1) is 6.61 Å². The van der Waals surface area contributed by atoms with Gasteiger partial charge in [-0.2, -0.15) is 0 Å². The largest absolute Gasteiger partial charge is 0.444 e. The Kier molecular flexibility index (Phi) is 6.64. The molecular weight excluding hydrogens is 253 g/mol. The number of alkyl carbamates (subject to hydrolysis) is 1. The molecule has 0 aromatic heterocycles. The Labute approximate surface area is 109 Å². The van der Waals surface area contributed by atoms with Crippen molar-refractivity contribution >= 4 is 13.5 Å². The van der Waals surface area contributed by atoms with Gasteiger partial charge in [0.2, 0.25) is 7.37 Å². The highest BCUT2D eigenvalue weighted by molar-refractivity contribution is 7.58. The first-order valence-electron chi connectivity index (χ1n) is 5.93. The number of carbonyl (C=O) groups excluding carboxylic acids is 1. The van der Waals surface area contributed by atoms with E-state index in [0.717, 1.165) is 0 Å².